The predicted octanol–water partition coefficient (Wildman–Crippen LogP) is 3.63. The van der Waals surface area contributed by atoms with Gasteiger partial charge in [0.05, 0.1) is 18.3 Å². The third-order valence-corrected chi connectivity index (χ3v) is 4.54. The normalized spacial score (nSPS) is 17.3. The number of nitrogen functional groups attached to an aromatic ring is 1. The summed E-state index contributed by atoms with van der Waals surface area (Å²) in [7, 11) is 0.958. The number of H-pyrrole nitrogens is 1. The van der Waals surface area contributed by atoms with Crippen molar-refractivity contribution in [2.75, 3.05) is 12.8 Å². The molecule has 1 aliphatic rings. The minimum atomic E-state index is 0.315. The Morgan fingerprint density at radius 1 is 1.48 bits per heavy atom. The maximum atomic E-state index is 11.0. The molecule has 6 heteroatoms. The van der Waals surface area contributed by atoms with Crippen LogP contribution in [-0.4, -0.2) is 23.4 Å². The third kappa shape index (κ3) is 3.52. The van der Waals surface area contributed by atoms with E-state index in [0.717, 1.165) is 43.0 Å². The second kappa shape index (κ2) is 6.66. The van der Waals surface area contributed by atoms with Crippen molar-refractivity contribution in [1.29, 1.82) is 0 Å². The van der Waals surface area contributed by atoms with Gasteiger partial charge in [0.2, 0.25) is 0 Å². The zero-order valence-electron chi connectivity index (χ0n) is 14.1. The van der Waals surface area contributed by atoms with E-state index in [9.17, 15) is 9.32 Å². The van der Waals surface area contributed by atoms with Crippen molar-refractivity contribution in [2.45, 2.75) is 40.0 Å². The Morgan fingerprint density at radius 2 is 2.13 bits per heavy atom. The number of aromatic amines is 1. The molecule has 2 aromatic heterocycles. The number of halogens is 1. The van der Waals surface area contributed by atoms with Gasteiger partial charge >= 0.3 is 0 Å². The second-order valence-electron chi connectivity index (χ2n) is 7.02. The zero-order valence-corrected chi connectivity index (χ0v) is 14.1. The van der Waals surface area contributed by atoms with Gasteiger partial charge in [-0.3, -0.25) is 4.79 Å². The third-order valence-electron chi connectivity index (χ3n) is 4.54. The molecule has 0 fully saturated rings. The van der Waals surface area contributed by atoms with Crippen molar-refractivity contribution < 1.29 is 14.3 Å². The number of nitrogens with zero attached hydrogens (tertiary/aromatic N) is 1. The molecule has 0 saturated heterocycles. The molecule has 1 aliphatic carbocycles. The Hall–Kier alpha value is -1.95. The van der Waals surface area contributed by atoms with E-state index in [1.807, 2.05) is 0 Å². The molecular formula is C17H24FN3O2. The van der Waals surface area contributed by atoms with Crippen molar-refractivity contribution in [3.63, 3.8) is 0 Å². The molecule has 0 bridgehead atoms. The van der Waals surface area contributed by atoms with Crippen molar-refractivity contribution in [3.8, 4) is 0 Å². The first-order valence-corrected chi connectivity index (χ1v) is 7.71. The fourth-order valence-corrected chi connectivity index (χ4v) is 3.14. The number of hydrogen-bond donors (Lipinski definition) is 2. The molecule has 1 atom stereocenters. The lowest BCUT2D eigenvalue weighted by atomic mass is 9.71. The van der Waals surface area contributed by atoms with Gasteiger partial charge < -0.3 is 10.7 Å². The number of pyridine rings is 1. The number of carbonyl (C=O) groups is 1. The number of rotatable bonds is 1. The van der Waals surface area contributed by atoms with E-state index in [-0.39, 0.29) is 0 Å². The first-order valence-electron chi connectivity index (χ1n) is 7.71. The first kappa shape index (κ1) is 17.4. The Balaban J connectivity index is 0.000000595. The lowest BCUT2D eigenvalue weighted by molar-refractivity contribution is -0.0960. The molecule has 0 aliphatic heterocycles. The SMILES string of the molecule is CC(C)(C)C1CCc2nc3c(N)c(C=O)[nH]c3cc2C1.COF. The summed E-state index contributed by atoms with van der Waals surface area (Å²) in [5.41, 5.74) is 11.2. The second-order valence-corrected chi connectivity index (χ2v) is 7.02. The molecule has 5 nitrogen and oxygen atoms in total. The van der Waals surface area contributed by atoms with Crippen LogP contribution in [0, 0.1) is 11.3 Å². The van der Waals surface area contributed by atoms with Crippen LogP contribution in [0.25, 0.3) is 11.0 Å². The number of anilines is 1. The highest BCUT2D eigenvalue weighted by molar-refractivity contribution is 5.98. The average Bonchev–Trinajstić information content (AvgIpc) is 2.80. The average molecular weight is 321 g/mol. The van der Waals surface area contributed by atoms with Crippen LogP contribution >= 0.6 is 0 Å². The molecule has 0 amide bonds. The Kier molecular flexibility index (Phi) is 5.04. The molecule has 2 aromatic rings. The van der Waals surface area contributed by atoms with Crippen molar-refractivity contribution in [3.05, 3.63) is 23.0 Å². The van der Waals surface area contributed by atoms with E-state index in [2.05, 4.69) is 41.7 Å². The first-order chi connectivity index (χ1) is 10.8. The number of nitrogens with one attached hydrogen (secondary N) is 1. The van der Waals surface area contributed by atoms with Crippen LogP contribution in [0.5, 0.6) is 0 Å². The summed E-state index contributed by atoms with van der Waals surface area (Å²) < 4.78 is 9.79. The molecule has 0 saturated carbocycles. The van der Waals surface area contributed by atoms with Gasteiger partial charge in [-0.2, -0.15) is 4.94 Å². The van der Waals surface area contributed by atoms with Crippen LogP contribution in [-0.2, 0) is 17.8 Å². The minimum absolute atomic E-state index is 0.315. The topological polar surface area (TPSA) is 81.0 Å². The number of fused-ring (bicyclic) bond motifs is 2. The molecule has 3 rings (SSSR count). The van der Waals surface area contributed by atoms with E-state index in [4.69, 9.17) is 5.73 Å². The van der Waals surface area contributed by atoms with Crippen LogP contribution in [0.2, 0.25) is 0 Å². The predicted molar refractivity (Wildman–Crippen MR) is 89.0 cm³/mol. The number of hydrogen-bond acceptors (Lipinski definition) is 4. The van der Waals surface area contributed by atoms with Crippen LogP contribution in [0.1, 0.15) is 48.9 Å². The molecular weight excluding hydrogens is 297 g/mol. The maximum absolute atomic E-state index is 11.0. The van der Waals surface area contributed by atoms with Gasteiger partial charge in [-0.05, 0) is 46.8 Å². The smallest absolute Gasteiger partial charge is 0.168 e. The van der Waals surface area contributed by atoms with Gasteiger partial charge in [0.25, 0.3) is 0 Å². The van der Waals surface area contributed by atoms with Crippen LogP contribution < -0.4 is 5.73 Å². The molecule has 3 N–H and O–H groups in total. The minimum Gasteiger partial charge on any atom is -0.395 e. The summed E-state index contributed by atoms with van der Waals surface area (Å²) >= 11 is 0. The Morgan fingerprint density at radius 3 is 2.70 bits per heavy atom. The van der Waals surface area contributed by atoms with Gasteiger partial charge in [-0.1, -0.05) is 20.8 Å². The van der Waals surface area contributed by atoms with Crippen molar-refractivity contribution in [2.24, 2.45) is 11.3 Å². The van der Waals surface area contributed by atoms with E-state index >= 15 is 0 Å². The van der Waals surface area contributed by atoms with Gasteiger partial charge in [-0.15, -0.1) is 0 Å². The van der Waals surface area contributed by atoms with Crippen molar-refractivity contribution >= 4 is 23.0 Å². The fraction of sp³-hybridized carbons (Fsp3) is 0.529. The molecule has 0 radical (unpaired) electrons. The largest absolute Gasteiger partial charge is 0.395 e. The Bertz CT molecular complexity index is 704. The lowest BCUT2D eigenvalue weighted by Gasteiger charge is -2.34. The van der Waals surface area contributed by atoms with Crippen LogP contribution in [0.3, 0.4) is 0 Å². The molecule has 126 valence electrons. The summed E-state index contributed by atoms with van der Waals surface area (Å²) in [6.07, 6.45) is 3.97. The molecule has 2 heterocycles. The van der Waals surface area contributed by atoms with E-state index in [1.165, 1.54) is 12.0 Å². The van der Waals surface area contributed by atoms with Crippen LogP contribution in [0.15, 0.2) is 6.07 Å². The highest BCUT2D eigenvalue weighted by Gasteiger charge is 2.29. The fourth-order valence-electron chi connectivity index (χ4n) is 3.14. The summed E-state index contributed by atoms with van der Waals surface area (Å²) in [4.78, 5) is 21.5. The lowest BCUT2D eigenvalue weighted by Crippen LogP contribution is -2.27. The zero-order chi connectivity index (χ0) is 17.2. The van der Waals surface area contributed by atoms with Crippen LogP contribution in [0.4, 0.5) is 10.2 Å². The Labute approximate surface area is 135 Å². The highest BCUT2D eigenvalue weighted by atomic mass is 19.3. The summed E-state index contributed by atoms with van der Waals surface area (Å²) in [5.74, 6) is 0.673. The maximum Gasteiger partial charge on any atom is 0.168 e. The van der Waals surface area contributed by atoms with Gasteiger partial charge in [0.15, 0.2) is 6.29 Å². The quantitative estimate of drug-likeness (QED) is 0.786. The van der Waals surface area contributed by atoms with E-state index < -0.39 is 0 Å². The molecule has 0 aromatic carbocycles. The van der Waals surface area contributed by atoms with Gasteiger partial charge in [0, 0.05) is 5.69 Å². The molecule has 0 spiro atoms. The number of nitrogens with two attached hydrogens (primary N) is 1. The number of aryl methyl sites for hydroxylation is 1. The highest BCUT2D eigenvalue weighted by Crippen LogP contribution is 2.38. The standard InChI is InChI=1S/C16H21N3O.CH3FO/c1-16(2,3)10-4-5-11-9(6-10)7-12-15(19-11)14(17)13(8-20)18-12;1-3-2/h7-8,10,18H,4-6,17H2,1-3H3;1H3. The summed E-state index contributed by atoms with van der Waals surface area (Å²) in [6.45, 7) is 6.89. The monoisotopic (exact) mass is 321 g/mol. The number of carbonyl (C=O) groups excluding carboxylic acids is 1. The summed E-state index contributed by atoms with van der Waals surface area (Å²) in [5, 5.41) is 0. The van der Waals surface area contributed by atoms with E-state index in [1.54, 1.807) is 0 Å². The number of aromatic nitrogens is 2. The van der Waals surface area contributed by atoms with E-state index in [0.29, 0.717) is 22.7 Å². The molecule has 1 unspecified atom stereocenters. The van der Waals surface area contributed by atoms with Gasteiger partial charge in [0.1, 0.15) is 11.2 Å². The van der Waals surface area contributed by atoms with Gasteiger partial charge in [-0.25, -0.2) is 4.98 Å². The number of aldehydes is 1. The summed E-state index contributed by atoms with van der Waals surface area (Å²) in [6, 6.07) is 2.12. The van der Waals surface area contributed by atoms with Crippen molar-refractivity contribution in [1.82, 2.24) is 9.97 Å². The molecule has 23 heavy (non-hydrogen) atoms.